The second-order valence-corrected chi connectivity index (χ2v) is 6.46. The summed E-state index contributed by atoms with van der Waals surface area (Å²) < 4.78 is 0. The summed E-state index contributed by atoms with van der Waals surface area (Å²) in [4.78, 5) is 15.9. The number of para-hydroxylation sites is 1. The Kier molecular flexibility index (Phi) is 4.64. The van der Waals surface area contributed by atoms with Crippen molar-refractivity contribution in [1.29, 1.82) is 0 Å². The Bertz CT molecular complexity index is 526. The molecule has 0 radical (unpaired) electrons. The third kappa shape index (κ3) is 3.42. The van der Waals surface area contributed by atoms with Gasteiger partial charge in [0, 0.05) is 44.0 Å². The Balaban J connectivity index is 1.63. The Morgan fingerprint density at radius 2 is 1.91 bits per heavy atom. The molecular formula is C17H25N3O2. The number of likely N-dealkylation sites (tertiary alicyclic amines) is 1. The summed E-state index contributed by atoms with van der Waals surface area (Å²) in [7, 11) is 0. The van der Waals surface area contributed by atoms with Gasteiger partial charge in [-0.3, -0.25) is 9.69 Å². The van der Waals surface area contributed by atoms with Gasteiger partial charge >= 0.3 is 5.97 Å². The van der Waals surface area contributed by atoms with Crippen LogP contribution < -0.4 is 10.6 Å². The number of hydrogen-bond donors (Lipinski definition) is 2. The maximum Gasteiger partial charge on any atom is 0.307 e. The molecule has 2 heterocycles. The predicted octanol–water partition coefficient (Wildman–Crippen LogP) is 1.32. The van der Waals surface area contributed by atoms with Crippen LogP contribution in [-0.2, 0) is 11.2 Å². The zero-order valence-electron chi connectivity index (χ0n) is 12.9. The highest BCUT2D eigenvalue weighted by Crippen LogP contribution is 2.27. The summed E-state index contributed by atoms with van der Waals surface area (Å²) in [6.45, 7) is 4.14. The number of aliphatic carboxylic acids is 1. The van der Waals surface area contributed by atoms with Gasteiger partial charge in [0.2, 0.25) is 0 Å². The van der Waals surface area contributed by atoms with Crippen molar-refractivity contribution < 1.29 is 9.90 Å². The van der Waals surface area contributed by atoms with Gasteiger partial charge in [0.25, 0.3) is 0 Å². The lowest BCUT2D eigenvalue weighted by Crippen LogP contribution is -2.45. The van der Waals surface area contributed by atoms with E-state index in [9.17, 15) is 4.79 Å². The van der Waals surface area contributed by atoms with Crippen LogP contribution in [0.2, 0.25) is 0 Å². The Hall–Kier alpha value is -1.59. The van der Waals surface area contributed by atoms with Gasteiger partial charge in [-0.25, -0.2) is 0 Å². The molecule has 2 aliphatic rings. The third-order valence-electron chi connectivity index (χ3n) is 4.91. The van der Waals surface area contributed by atoms with Crippen molar-refractivity contribution in [2.75, 3.05) is 31.1 Å². The smallest absolute Gasteiger partial charge is 0.307 e. The number of nitrogens with zero attached hydrogens (tertiary/aromatic N) is 2. The number of rotatable bonds is 4. The van der Waals surface area contributed by atoms with Crippen LogP contribution in [-0.4, -0.2) is 54.2 Å². The number of hydrogen-bond acceptors (Lipinski definition) is 4. The van der Waals surface area contributed by atoms with Crippen molar-refractivity contribution in [1.82, 2.24) is 4.90 Å². The normalized spacial score (nSPS) is 23.9. The van der Waals surface area contributed by atoms with Gasteiger partial charge in [0.15, 0.2) is 0 Å². The van der Waals surface area contributed by atoms with Crippen LogP contribution in [0.1, 0.15) is 24.8 Å². The SMILES string of the molecule is NC1CCN(C2CCN(c3ccccc3CC(=O)O)CC2)C1. The minimum absolute atomic E-state index is 0.0943. The molecule has 0 aromatic heterocycles. The molecule has 2 fully saturated rings. The first-order valence-electron chi connectivity index (χ1n) is 8.18. The van der Waals surface area contributed by atoms with Gasteiger partial charge in [-0.2, -0.15) is 0 Å². The predicted molar refractivity (Wildman–Crippen MR) is 87.2 cm³/mol. The van der Waals surface area contributed by atoms with E-state index in [2.05, 4.69) is 9.80 Å². The monoisotopic (exact) mass is 303 g/mol. The standard InChI is InChI=1S/C17H25N3O2/c18-14-5-8-20(12-14)15-6-9-19(10-7-15)16-4-2-1-3-13(16)11-17(21)22/h1-4,14-15H,5-12,18H2,(H,21,22). The van der Waals surface area contributed by atoms with Gasteiger partial charge in [-0.05, 0) is 30.9 Å². The summed E-state index contributed by atoms with van der Waals surface area (Å²) >= 11 is 0. The number of carboxylic acid groups (broad SMARTS) is 1. The molecule has 1 atom stereocenters. The lowest BCUT2D eigenvalue weighted by molar-refractivity contribution is -0.136. The molecule has 22 heavy (non-hydrogen) atoms. The molecule has 1 aromatic carbocycles. The molecular weight excluding hydrogens is 278 g/mol. The van der Waals surface area contributed by atoms with Crippen molar-refractivity contribution >= 4 is 11.7 Å². The molecule has 120 valence electrons. The summed E-state index contributed by atoms with van der Waals surface area (Å²) in [5, 5.41) is 9.06. The number of carbonyl (C=O) groups is 1. The summed E-state index contributed by atoms with van der Waals surface area (Å²) in [6, 6.07) is 8.86. The summed E-state index contributed by atoms with van der Waals surface area (Å²) in [5.74, 6) is -0.770. The Morgan fingerprint density at radius 1 is 1.18 bits per heavy atom. The highest BCUT2D eigenvalue weighted by molar-refractivity contribution is 5.73. The molecule has 2 aliphatic heterocycles. The average molecular weight is 303 g/mol. The lowest BCUT2D eigenvalue weighted by Gasteiger charge is -2.38. The molecule has 0 aliphatic carbocycles. The minimum Gasteiger partial charge on any atom is -0.481 e. The largest absolute Gasteiger partial charge is 0.481 e. The number of nitrogens with two attached hydrogens (primary N) is 1. The molecule has 0 saturated carbocycles. The van der Waals surface area contributed by atoms with Crippen LogP contribution >= 0.6 is 0 Å². The Morgan fingerprint density at radius 3 is 2.55 bits per heavy atom. The van der Waals surface area contributed by atoms with Crippen LogP contribution in [0.4, 0.5) is 5.69 Å². The maximum absolute atomic E-state index is 11.0. The van der Waals surface area contributed by atoms with E-state index in [1.807, 2.05) is 24.3 Å². The third-order valence-corrected chi connectivity index (χ3v) is 4.91. The van der Waals surface area contributed by atoms with Crippen molar-refractivity contribution in [3.8, 4) is 0 Å². The molecule has 0 amide bonds. The van der Waals surface area contributed by atoms with E-state index in [4.69, 9.17) is 10.8 Å². The van der Waals surface area contributed by atoms with Crippen LogP contribution in [0, 0.1) is 0 Å². The lowest BCUT2D eigenvalue weighted by atomic mass is 10.0. The van der Waals surface area contributed by atoms with E-state index >= 15 is 0 Å². The van der Waals surface area contributed by atoms with Crippen molar-refractivity contribution in [3.05, 3.63) is 29.8 Å². The Labute approximate surface area is 131 Å². The highest BCUT2D eigenvalue weighted by Gasteiger charge is 2.29. The second-order valence-electron chi connectivity index (χ2n) is 6.46. The minimum atomic E-state index is -0.770. The molecule has 0 spiro atoms. The van der Waals surface area contributed by atoms with Crippen LogP contribution in [0.3, 0.4) is 0 Å². The zero-order valence-corrected chi connectivity index (χ0v) is 12.9. The van der Waals surface area contributed by atoms with Crippen LogP contribution in [0.5, 0.6) is 0 Å². The van der Waals surface area contributed by atoms with Gasteiger partial charge in [0.05, 0.1) is 6.42 Å². The van der Waals surface area contributed by atoms with Crippen LogP contribution in [0.25, 0.3) is 0 Å². The first-order chi connectivity index (χ1) is 10.6. The molecule has 3 rings (SSSR count). The van der Waals surface area contributed by atoms with E-state index in [1.54, 1.807) is 0 Å². The first kappa shape index (κ1) is 15.3. The number of anilines is 1. The topological polar surface area (TPSA) is 69.8 Å². The molecule has 5 heteroatoms. The average Bonchev–Trinajstić information content (AvgIpc) is 2.94. The van der Waals surface area contributed by atoms with Crippen LogP contribution in [0.15, 0.2) is 24.3 Å². The molecule has 1 unspecified atom stereocenters. The van der Waals surface area contributed by atoms with E-state index in [1.165, 1.54) is 0 Å². The molecule has 2 saturated heterocycles. The quantitative estimate of drug-likeness (QED) is 0.878. The van der Waals surface area contributed by atoms with Crippen molar-refractivity contribution in [3.63, 3.8) is 0 Å². The van der Waals surface area contributed by atoms with Gasteiger partial charge in [-0.1, -0.05) is 18.2 Å². The molecule has 0 bridgehead atoms. The molecule has 3 N–H and O–H groups in total. The zero-order chi connectivity index (χ0) is 15.5. The number of carboxylic acids is 1. The van der Waals surface area contributed by atoms with Gasteiger partial charge < -0.3 is 15.7 Å². The van der Waals surface area contributed by atoms with E-state index in [-0.39, 0.29) is 6.42 Å². The molecule has 1 aromatic rings. The van der Waals surface area contributed by atoms with Crippen molar-refractivity contribution in [2.45, 2.75) is 37.8 Å². The van der Waals surface area contributed by atoms with E-state index < -0.39 is 5.97 Å². The fourth-order valence-corrected chi connectivity index (χ4v) is 3.75. The van der Waals surface area contributed by atoms with E-state index in [0.717, 1.165) is 56.7 Å². The van der Waals surface area contributed by atoms with E-state index in [0.29, 0.717) is 12.1 Å². The number of piperidine rings is 1. The molecule has 5 nitrogen and oxygen atoms in total. The second kappa shape index (κ2) is 6.67. The maximum atomic E-state index is 11.0. The van der Waals surface area contributed by atoms with Crippen molar-refractivity contribution in [2.24, 2.45) is 5.73 Å². The number of benzene rings is 1. The fraction of sp³-hybridized carbons (Fsp3) is 0.588. The summed E-state index contributed by atoms with van der Waals surface area (Å²) in [6.07, 6.45) is 3.47. The van der Waals surface area contributed by atoms with Gasteiger partial charge in [0.1, 0.15) is 0 Å². The highest BCUT2D eigenvalue weighted by atomic mass is 16.4. The summed E-state index contributed by atoms with van der Waals surface area (Å²) in [5.41, 5.74) is 8.01. The van der Waals surface area contributed by atoms with Gasteiger partial charge in [-0.15, -0.1) is 0 Å². The fourth-order valence-electron chi connectivity index (χ4n) is 3.75. The first-order valence-corrected chi connectivity index (χ1v) is 8.18.